The van der Waals surface area contributed by atoms with Crippen molar-refractivity contribution in [3.8, 4) is 11.1 Å². The summed E-state index contributed by atoms with van der Waals surface area (Å²) in [6.45, 7) is 2.45. The van der Waals surface area contributed by atoms with Crippen molar-refractivity contribution >= 4 is 22.5 Å². The zero-order chi connectivity index (χ0) is 18.7. The molecule has 7 heteroatoms. The molecule has 0 bridgehead atoms. The summed E-state index contributed by atoms with van der Waals surface area (Å²) in [7, 11) is 2.19. The number of nitrogens with one attached hydrogen (secondary N) is 1. The van der Waals surface area contributed by atoms with E-state index in [1.807, 2.05) is 23.0 Å². The highest BCUT2D eigenvalue weighted by Crippen LogP contribution is 2.48. The number of fused-ring (bicyclic) bond motifs is 2. The van der Waals surface area contributed by atoms with Gasteiger partial charge >= 0.3 is 0 Å². The fraction of sp³-hybridized carbons (Fsp3) is 0.333. The molecule has 0 atom stereocenters. The molecule has 1 aromatic carbocycles. The Morgan fingerprint density at radius 2 is 1.86 bits per heavy atom. The minimum absolute atomic E-state index is 0.486. The topological polar surface area (TPSA) is 71.2 Å². The van der Waals surface area contributed by atoms with Gasteiger partial charge in [0.1, 0.15) is 0 Å². The van der Waals surface area contributed by atoms with Gasteiger partial charge < -0.3 is 10.2 Å². The second kappa shape index (κ2) is 5.72. The molecule has 4 aromatic rings. The van der Waals surface area contributed by atoms with Gasteiger partial charge in [-0.15, -0.1) is 5.10 Å². The van der Waals surface area contributed by atoms with Crippen LogP contribution in [0, 0.1) is 5.41 Å². The first-order valence-electron chi connectivity index (χ1n) is 9.68. The van der Waals surface area contributed by atoms with E-state index < -0.39 is 0 Å². The standard InChI is InChI=1S/C21H21N7/c1-27-12-21(13-27)9-15(10-21)25-20-24-11-19-16(4-7-28(19)26-20)14-2-3-17-18(8-14)23-6-5-22-17/h2-8,11,15H,9-10,12-13H2,1H3,(H,25,26). The Hall–Kier alpha value is -3.06. The van der Waals surface area contributed by atoms with Crippen molar-refractivity contribution in [2.45, 2.75) is 18.9 Å². The highest BCUT2D eigenvalue weighted by molar-refractivity contribution is 5.86. The molecule has 2 aliphatic rings. The zero-order valence-corrected chi connectivity index (χ0v) is 15.7. The van der Waals surface area contributed by atoms with E-state index in [0.717, 1.165) is 27.7 Å². The van der Waals surface area contributed by atoms with Crippen molar-refractivity contribution in [1.29, 1.82) is 0 Å². The normalized spacial score (nSPS) is 19.0. The van der Waals surface area contributed by atoms with E-state index in [9.17, 15) is 0 Å². The van der Waals surface area contributed by atoms with E-state index in [1.165, 1.54) is 25.9 Å². The van der Waals surface area contributed by atoms with Gasteiger partial charge in [0.2, 0.25) is 5.95 Å². The average Bonchev–Trinajstić information content (AvgIpc) is 3.08. The summed E-state index contributed by atoms with van der Waals surface area (Å²) in [5.74, 6) is 0.701. The summed E-state index contributed by atoms with van der Waals surface area (Å²) in [5, 5.41) is 8.17. The Bertz CT molecular complexity index is 1180. The molecular weight excluding hydrogens is 350 g/mol. The molecule has 28 heavy (non-hydrogen) atoms. The van der Waals surface area contributed by atoms with Gasteiger partial charge in [0.05, 0.1) is 22.7 Å². The lowest BCUT2D eigenvalue weighted by Gasteiger charge is -2.58. The van der Waals surface area contributed by atoms with Gasteiger partial charge in [0, 0.05) is 43.3 Å². The average molecular weight is 371 g/mol. The maximum absolute atomic E-state index is 4.67. The quantitative estimate of drug-likeness (QED) is 0.597. The van der Waals surface area contributed by atoms with E-state index in [1.54, 1.807) is 12.4 Å². The van der Waals surface area contributed by atoms with E-state index >= 15 is 0 Å². The Balaban J connectivity index is 1.25. The van der Waals surface area contributed by atoms with E-state index in [0.29, 0.717) is 17.4 Å². The molecule has 1 saturated heterocycles. The van der Waals surface area contributed by atoms with Gasteiger partial charge in [-0.3, -0.25) is 9.97 Å². The lowest BCUT2D eigenvalue weighted by atomic mass is 9.61. The van der Waals surface area contributed by atoms with E-state index in [-0.39, 0.29) is 0 Å². The number of anilines is 1. The molecule has 0 amide bonds. The zero-order valence-electron chi connectivity index (χ0n) is 15.7. The molecule has 3 aromatic heterocycles. The third kappa shape index (κ3) is 2.46. The Morgan fingerprint density at radius 1 is 1.04 bits per heavy atom. The van der Waals surface area contributed by atoms with Gasteiger partial charge in [0.15, 0.2) is 0 Å². The molecule has 4 heterocycles. The molecule has 1 aliphatic carbocycles. The van der Waals surface area contributed by atoms with Crippen LogP contribution in [0.15, 0.2) is 49.1 Å². The maximum atomic E-state index is 4.67. The van der Waals surface area contributed by atoms with Crippen molar-refractivity contribution in [3.05, 3.63) is 49.1 Å². The molecule has 0 unspecified atom stereocenters. The van der Waals surface area contributed by atoms with Crippen molar-refractivity contribution in [3.63, 3.8) is 0 Å². The number of aromatic nitrogens is 5. The maximum Gasteiger partial charge on any atom is 0.241 e. The Labute approximate surface area is 162 Å². The van der Waals surface area contributed by atoms with Crippen LogP contribution < -0.4 is 5.32 Å². The Morgan fingerprint density at radius 3 is 2.68 bits per heavy atom. The highest BCUT2D eigenvalue weighted by Gasteiger charge is 2.51. The van der Waals surface area contributed by atoms with Crippen LogP contribution in [0.5, 0.6) is 0 Å². The fourth-order valence-electron chi connectivity index (χ4n) is 4.97. The molecule has 1 aliphatic heterocycles. The van der Waals surface area contributed by atoms with Gasteiger partial charge in [-0.25, -0.2) is 9.50 Å². The predicted molar refractivity (Wildman–Crippen MR) is 108 cm³/mol. The van der Waals surface area contributed by atoms with E-state index in [4.69, 9.17) is 0 Å². The molecule has 1 N–H and O–H groups in total. The fourth-order valence-corrected chi connectivity index (χ4v) is 4.97. The second-order valence-corrected chi connectivity index (χ2v) is 8.32. The molecule has 2 fully saturated rings. The molecule has 1 spiro atoms. The third-order valence-corrected chi connectivity index (χ3v) is 6.10. The molecular formula is C21H21N7. The van der Waals surface area contributed by atoms with Crippen LogP contribution >= 0.6 is 0 Å². The number of likely N-dealkylation sites (tertiary alicyclic amines) is 1. The van der Waals surface area contributed by atoms with Crippen molar-refractivity contribution < 1.29 is 0 Å². The number of nitrogens with zero attached hydrogens (tertiary/aromatic N) is 6. The predicted octanol–water partition coefficient (Wildman–Crippen LogP) is 2.85. The summed E-state index contributed by atoms with van der Waals surface area (Å²) in [6.07, 6.45) is 9.75. The molecule has 1 saturated carbocycles. The van der Waals surface area contributed by atoms with Crippen LogP contribution in [0.2, 0.25) is 0 Å². The molecule has 140 valence electrons. The van der Waals surface area contributed by atoms with E-state index in [2.05, 4.69) is 55.5 Å². The lowest BCUT2D eigenvalue weighted by molar-refractivity contribution is -0.0514. The van der Waals surface area contributed by atoms with Crippen LogP contribution in [0.3, 0.4) is 0 Å². The Kier molecular flexibility index (Phi) is 3.26. The minimum Gasteiger partial charge on any atom is -0.350 e. The SMILES string of the molecule is CN1CC2(CC(Nc3ncc4c(-c5ccc6nccnc6c5)ccn4n3)C2)C1. The number of benzene rings is 1. The van der Waals surface area contributed by atoms with Crippen LogP contribution in [-0.4, -0.2) is 55.6 Å². The monoisotopic (exact) mass is 371 g/mol. The summed E-state index contributed by atoms with van der Waals surface area (Å²) in [5.41, 5.74) is 5.51. The number of hydrogen-bond acceptors (Lipinski definition) is 6. The largest absolute Gasteiger partial charge is 0.350 e. The second-order valence-electron chi connectivity index (χ2n) is 8.32. The van der Waals surface area contributed by atoms with Gasteiger partial charge in [-0.05, 0) is 49.1 Å². The van der Waals surface area contributed by atoms with Crippen molar-refractivity contribution in [2.75, 3.05) is 25.5 Å². The first-order valence-corrected chi connectivity index (χ1v) is 9.68. The van der Waals surface area contributed by atoms with Gasteiger partial charge in [0.25, 0.3) is 0 Å². The smallest absolute Gasteiger partial charge is 0.241 e. The summed E-state index contributed by atoms with van der Waals surface area (Å²) in [4.78, 5) is 15.7. The van der Waals surface area contributed by atoms with Crippen LogP contribution in [0.4, 0.5) is 5.95 Å². The first kappa shape index (κ1) is 15.9. The summed E-state index contributed by atoms with van der Waals surface area (Å²) in [6, 6.07) is 8.70. The molecule has 6 rings (SSSR count). The van der Waals surface area contributed by atoms with Crippen LogP contribution in [0.25, 0.3) is 27.7 Å². The summed E-state index contributed by atoms with van der Waals surface area (Å²) >= 11 is 0. The molecule has 0 radical (unpaired) electrons. The van der Waals surface area contributed by atoms with Crippen LogP contribution in [-0.2, 0) is 0 Å². The third-order valence-electron chi connectivity index (χ3n) is 6.10. The van der Waals surface area contributed by atoms with Gasteiger partial charge in [-0.2, -0.15) is 0 Å². The van der Waals surface area contributed by atoms with Crippen LogP contribution in [0.1, 0.15) is 12.8 Å². The van der Waals surface area contributed by atoms with Crippen molar-refractivity contribution in [1.82, 2.24) is 29.5 Å². The minimum atomic E-state index is 0.486. The lowest BCUT2D eigenvalue weighted by Crippen LogP contribution is -2.63. The highest BCUT2D eigenvalue weighted by atomic mass is 15.3. The number of rotatable bonds is 3. The molecule has 7 nitrogen and oxygen atoms in total. The van der Waals surface area contributed by atoms with Crippen molar-refractivity contribution in [2.24, 2.45) is 5.41 Å². The first-order chi connectivity index (χ1) is 13.7. The van der Waals surface area contributed by atoms with Gasteiger partial charge in [-0.1, -0.05) is 6.07 Å². The summed E-state index contributed by atoms with van der Waals surface area (Å²) < 4.78 is 1.90. The number of hydrogen-bond donors (Lipinski definition) is 1.